The maximum Gasteiger partial charge on any atom is 0.240 e. The van der Waals surface area contributed by atoms with Gasteiger partial charge in [0, 0.05) is 31.6 Å². The number of carbonyl (C=O) groups is 1. The number of benzene rings is 1. The van der Waals surface area contributed by atoms with Gasteiger partial charge in [-0.2, -0.15) is 0 Å². The van der Waals surface area contributed by atoms with Gasteiger partial charge in [-0.25, -0.2) is 13.1 Å². The van der Waals surface area contributed by atoms with Gasteiger partial charge in [-0.1, -0.05) is 24.4 Å². The van der Waals surface area contributed by atoms with Crippen molar-refractivity contribution in [2.45, 2.75) is 50.0 Å². The van der Waals surface area contributed by atoms with E-state index in [0.29, 0.717) is 36.4 Å². The highest BCUT2D eigenvalue weighted by molar-refractivity contribution is 7.89. The molecule has 1 amide bonds. The van der Waals surface area contributed by atoms with Gasteiger partial charge in [0.2, 0.25) is 15.9 Å². The van der Waals surface area contributed by atoms with Crippen LogP contribution in [0.15, 0.2) is 23.1 Å². The van der Waals surface area contributed by atoms with E-state index in [1.54, 1.807) is 0 Å². The fourth-order valence-electron chi connectivity index (χ4n) is 3.74. The Morgan fingerprint density at radius 3 is 2.73 bits per heavy atom. The minimum Gasteiger partial charge on any atom is -0.492 e. The van der Waals surface area contributed by atoms with Gasteiger partial charge in [0.05, 0.1) is 16.5 Å². The summed E-state index contributed by atoms with van der Waals surface area (Å²) in [5.41, 5.74) is 0. The predicted octanol–water partition coefficient (Wildman–Crippen LogP) is 2.81. The number of carbonyl (C=O) groups excluding carboxylic acids is 1. The van der Waals surface area contributed by atoms with Crippen LogP contribution in [0, 0.1) is 5.92 Å². The van der Waals surface area contributed by atoms with Gasteiger partial charge in [0.25, 0.3) is 0 Å². The van der Waals surface area contributed by atoms with Crippen LogP contribution < -0.4 is 9.46 Å². The van der Waals surface area contributed by atoms with Crippen LogP contribution in [0.2, 0.25) is 5.02 Å². The molecule has 0 radical (unpaired) electrons. The summed E-state index contributed by atoms with van der Waals surface area (Å²) in [6, 6.07) is 4.74. The number of amides is 1. The van der Waals surface area contributed by atoms with E-state index in [9.17, 15) is 13.2 Å². The van der Waals surface area contributed by atoms with Gasteiger partial charge in [-0.15, -0.1) is 0 Å². The van der Waals surface area contributed by atoms with Crippen molar-refractivity contribution in [3.8, 4) is 5.75 Å². The van der Waals surface area contributed by atoms with Gasteiger partial charge in [-0.05, 0) is 37.8 Å². The minimum atomic E-state index is -3.68. The second kappa shape index (κ2) is 8.15. The molecule has 3 rings (SSSR count). The molecule has 1 aromatic carbocycles. The normalized spacial score (nSPS) is 21.5. The molecule has 1 N–H and O–H groups in total. The van der Waals surface area contributed by atoms with Crippen LogP contribution in [0.3, 0.4) is 0 Å². The van der Waals surface area contributed by atoms with Crippen LogP contribution >= 0.6 is 11.6 Å². The molecule has 144 valence electrons. The Morgan fingerprint density at radius 1 is 1.31 bits per heavy atom. The lowest BCUT2D eigenvalue weighted by Crippen LogP contribution is -2.36. The Kier molecular flexibility index (Phi) is 6.10. The summed E-state index contributed by atoms with van der Waals surface area (Å²) in [7, 11) is -3.68. The third-order valence-electron chi connectivity index (χ3n) is 5.08. The Hall–Kier alpha value is -1.31. The van der Waals surface area contributed by atoms with E-state index in [2.05, 4.69) is 4.72 Å². The molecular formula is C18H25ClN2O4S. The monoisotopic (exact) mass is 400 g/mol. The summed E-state index contributed by atoms with van der Waals surface area (Å²) in [6.07, 6.45) is 4.88. The van der Waals surface area contributed by atoms with E-state index in [4.69, 9.17) is 16.3 Å². The van der Waals surface area contributed by atoms with Crippen LogP contribution in [0.1, 0.15) is 39.0 Å². The SMILES string of the molecule is CCOc1cc(S(=O)(=O)NC[C@@H]2CC(=O)N(C3CCCC3)C2)ccc1Cl. The molecule has 2 fully saturated rings. The smallest absolute Gasteiger partial charge is 0.240 e. The Labute approximate surface area is 159 Å². The molecule has 1 saturated heterocycles. The second-order valence-corrected chi connectivity index (χ2v) is 9.11. The molecule has 1 saturated carbocycles. The zero-order valence-corrected chi connectivity index (χ0v) is 16.5. The molecule has 0 bridgehead atoms. The second-order valence-electron chi connectivity index (χ2n) is 6.93. The first kappa shape index (κ1) is 19.5. The van der Waals surface area contributed by atoms with Crippen LogP contribution in [0.25, 0.3) is 0 Å². The van der Waals surface area contributed by atoms with E-state index in [0.717, 1.165) is 12.8 Å². The third kappa shape index (κ3) is 4.32. The quantitative estimate of drug-likeness (QED) is 0.763. The summed E-state index contributed by atoms with van der Waals surface area (Å²) in [4.78, 5) is 14.3. The number of hydrogen-bond donors (Lipinski definition) is 1. The molecule has 26 heavy (non-hydrogen) atoms. The first-order chi connectivity index (χ1) is 12.4. The number of ether oxygens (including phenoxy) is 1. The molecule has 2 aliphatic rings. The molecule has 1 heterocycles. The number of likely N-dealkylation sites (tertiary alicyclic amines) is 1. The fraction of sp³-hybridized carbons (Fsp3) is 0.611. The number of nitrogens with zero attached hydrogens (tertiary/aromatic N) is 1. The van der Waals surface area contributed by atoms with E-state index in [1.807, 2.05) is 11.8 Å². The standard InChI is InChI=1S/C18H25ClN2O4S/c1-2-25-17-10-15(7-8-16(17)19)26(23,24)20-11-13-9-18(22)21(12-13)14-5-3-4-6-14/h7-8,10,13-14,20H,2-6,9,11-12H2,1H3/t13-/m0/s1. The zero-order valence-electron chi connectivity index (χ0n) is 14.9. The Morgan fingerprint density at radius 2 is 2.04 bits per heavy atom. The van der Waals surface area contributed by atoms with E-state index < -0.39 is 10.0 Å². The van der Waals surface area contributed by atoms with Crippen LogP contribution in [-0.4, -0.2) is 45.0 Å². The molecule has 0 aromatic heterocycles. The molecule has 1 aromatic rings. The Balaban J connectivity index is 1.62. The fourth-order valence-corrected chi connectivity index (χ4v) is 5.05. The first-order valence-electron chi connectivity index (χ1n) is 9.12. The average molecular weight is 401 g/mol. The number of hydrogen-bond acceptors (Lipinski definition) is 4. The van der Waals surface area contributed by atoms with Crippen molar-refractivity contribution in [3.05, 3.63) is 23.2 Å². The van der Waals surface area contributed by atoms with E-state index in [-0.39, 0.29) is 23.3 Å². The van der Waals surface area contributed by atoms with Crippen molar-refractivity contribution < 1.29 is 17.9 Å². The molecule has 0 unspecified atom stereocenters. The minimum absolute atomic E-state index is 0.0107. The molecule has 1 aliphatic heterocycles. The lowest BCUT2D eigenvalue weighted by molar-refractivity contribution is -0.129. The number of sulfonamides is 1. The molecular weight excluding hydrogens is 376 g/mol. The Bertz CT molecular complexity index is 762. The summed E-state index contributed by atoms with van der Waals surface area (Å²) < 4.78 is 33.1. The van der Waals surface area contributed by atoms with Gasteiger partial charge >= 0.3 is 0 Å². The summed E-state index contributed by atoms with van der Waals surface area (Å²) in [6.45, 7) is 3.10. The van der Waals surface area contributed by atoms with Crippen molar-refractivity contribution in [2.75, 3.05) is 19.7 Å². The topological polar surface area (TPSA) is 75.7 Å². The predicted molar refractivity (Wildman–Crippen MR) is 99.9 cm³/mol. The summed E-state index contributed by atoms with van der Waals surface area (Å²) >= 11 is 6.02. The van der Waals surface area contributed by atoms with Crippen molar-refractivity contribution in [3.63, 3.8) is 0 Å². The van der Waals surface area contributed by atoms with Gasteiger partial charge in [0.1, 0.15) is 5.75 Å². The molecule has 8 heteroatoms. The van der Waals surface area contributed by atoms with Crippen molar-refractivity contribution in [1.29, 1.82) is 0 Å². The lowest BCUT2D eigenvalue weighted by atomic mass is 10.1. The maximum atomic E-state index is 12.6. The van der Waals surface area contributed by atoms with Crippen LogP contribution in [0.5, 0.6) is 5.75 Å². The lowest BCUT2D eigenvalue weighted by Gasteiger charge is -2.24. The van der Waals surface area contributed by atoms with Crippen LogP contribution in [0.4, 0.5) is 0 Å². The molecule has 1 atom stereocenters. The largest absolute Gasteiger partial charge is 0.492 e. The number of rotatable bonds is 7. The number of nitrogens with one attached hydrogen (secondary N) is 1. The highest BCUT2D eigenvalue weighted by atomic mass is 35.5. The maximum absolute atomic E-state index is 12.6. The third-order valence-corrected chi connectivity index (χ3v) is 6.81. The summed E-state index contributed by atoms with van der Waals surface area (Å²) in [5, 5.41) is 0.374. The van der Waals surface area contributed by atoms with Crippen LogP contribution in [-0.2, 0) is 14.8 Å². The molecule has 0 spiro atoms. The van der Waals surface area contributed by atoms with E-state index >= 15 is 0 Å². The zero-order chi connectivity index (χ0) is 18.7. The highest BCUT2D eigenvalue weighted by Crippen LogP contribution is 2.30. The highest BCUT2D eigenvalue weighted by Gasteiger charge is 2.35. The average Bonchev–Trinajstić information content (AvgIpc) is 3.24. The van der Waals surface area contributed by atoms with Gasteiger partial charge in [0.15, 0.2) is 0 Å². The van der Waals surface area contributed by atoms with E-state index in [1.165, 1.54) is 31.0 Å². The van der Waals surface area contributed by atoms with Crippen molar-refractivity contribution in [1.82, 2.24) is 9.62 Å². The number of halogens is 1. The van der Waals surface area contributed by atoms with Gasteiger partial charge in [-0.3, -0.25) is 4.79 Å². The molecule has 6 nitrogen and oxygen atoms in total. The van der Waals surface area contributed by atoms with Crippen molar-refractivity contribution >= 4 is 27.5 Å². The van der Waals surface area contributed by atoms with Crippen molar-refractivity contribution in [2.24, 2.45) is 5.92 Å². The summed E-state index contributed by atoms with van der Waals surface area (Å²) in [5.74, 6) is 0.503. The molecule has 1 aliphatic carbocycles. The van der Waals surface area contributed by atoms with Gasteiger partial charge < -0.3 is 9.64 Å². The first-order valence-corrected chi connectivity index (χ1v) is 11.0.